The number of nitrogens with two attached hydrogens (primary N) is 1. The van der Waals surface area contributed by atoms with Gasteiger partial charge in [0.1, 0.15) is 23.4 Å². The Hall–Kier alpha value is -4.11. The average molecular weight is 765 g/mol. The van der Waals surface area contributed by atoms with E-state index in [4.69, 9.17) is 20.4 Å². The van der Waals surface area contributed by atoms with Crippen molar-refractivity contribution in [1.29, 1.82) is 0 Å². The third kappa shape index (κ3) is 7.13. The molecule has 2 aromatic carbocycles. The van der Waals surface area contributed by atoms with E-state index in [0.717, 1.165) is 40.6 Å². The number of carbonyl (C=O) groups excluding carboxylic acids is 3. The number of aromatic nitrogens is 2. The minimum atomic E-state index is -3.85. The molecule has 2 aromatic heterocycles. The van der Waals surface area contributed by atoms with Crippen LogP contribution in [0.2, 0.25) is 0 Å². The smallest absolute Gasteiger partial charge is 0.259 e. The van der Waals surface area contributed by atoms with Crippen LogP contribution < -0.4 is 20.5 Å². The standard InChI is InChI=1S/C37H40N6O6S2.ClH/c38-26-12-5-3-1-2-4-11-23-20-37(23,36(46)42-51(47,48)25-16-17-25)41-33(44)29-19-24(21-43(29)35(26)45)49-34-32(39-27-13-7-8-14-28(27)40-34)31-18-22-10-6-9-15-30(22)50-31;/h4,6-11,13-15,18,23-26,29H,1-3,5,12,16-17,19-21,38H2,(H,41,44)(H,42,46);1H/b11-4-;/t23?,24-,26?,29+,37-;/m1./s1. The van der Waals surface area contributed by atoms with Crippen LogP contribution in [0, 0.1) is 5.92 Å². The van der Waals surface area contributed by atoms with Crippen molar-refractivity contribution >= 4 is 72.6 Å². The number of fused-ring (bicyclic) bond motifs is 4. The SMILES string of the molecule is Cl.NC1CCCCC/C=C\C2C[C@@]2(C(=O)NS(=O)(=O)C2CC2)NC(=O)[C@@H]2C[C@@H](Oc3nc4ccccc4nc3-c3cc4ccccc4s3)CN2C1=O. The largest absolute Gasteiger partial charge is 0.471 e. The molecular formula is C37H41ClN6O6S2. The van der Waals surface area contributed by atoms with Crippen molar-refractivity contribution in [3.05, 3.63) is 66.7 Å². The fraction of sp³-hybridized carbons (Fsp3) is 0.432. The van der Waals surface area contributed by atoms with Crippen molar-refractivity contribution in [3.63, 3.8) is 0 Å². The number of para-hydroxylation sites is 2. The van der Waals surface area contributed by atoms with Gasteiger partial charge in [-0.15, -0.1) is 23.7 Å². The van der Waals surface area contributed by atoms with Crippen molar-refractivity contribution in [1.82, 2.24) is 24.9 Å². The molecule has 4 aliphatic rings. The summed E-state index contributed by atoms with van der Waals surface area (Å²) in [6.45, 7) is 0.0730. The number of hydrogen-bond donors (Lipinski definition) is 3. The summed E-state index contributed by atoms with van der Waals surface area (Å²) < 4.78 is 35.5. The summed E-state index contributed by atoms with van der Waals surface area (Å²) in [5.74, 6) is -1.76. The van der Waals surface area contributed by atoms with Gasteiger partial charge >= 0.3 is 0 Å². The number of allylic oxidation sites excluding steroid dienone is 1. The van der Waals surface area contributed by atoms with Gasteiger partial charge in [0.25, 0.3) is 5.91 Å². The maximum Gasteiger partial charge on any atom is 0.259 e. The maximum atomic E-state index is 14.2. The van der Waals surface area contributed by atoms with Crippen LogP contribution in [-0.4, -0.2) is 76.5 Å². The molecule has 274 valence electrons. The Balaban J connectivity index is 0.00000420. The van der Waals surface area contributed by atoms with E-state index in [2.05, 4.69) is 16.1 Å². The fourth-order valence-electron chi connectivity index (χ4n) is 7.23. The highest BCUT2D eigenvalue weighted by Gasteiger charge is 2.62. The van der Waals surface area contributed by atoms with Gasteiger partial charge < -0.3 is 20.7 Å². The Morgan fingerprint density at radius 2 is 1.77 bits per heavy atom. The number of ether oxygens (including phenoxy) is 1. The number of thiophene rings is 1. The number of nitrogens with zero attached hydrogens (tertiary/aromatic N) is 3. The summed E-state index contributed by atoms with van der Waals surface area (Å²) in [4.78, 5) is 53.9. The van der Waals surface area contributed by atoms with Crippen LogP contribution in [0.3, 0.4) is 0 Å². The fourth-order valence-corrected chi connectivity index (χ4v) is 9.63. The Kier molecular flexibility index (Phi) is 10.0. The zero-order valence-corrected chi connectivity index (χ0v) is 30.9. The molecule has 2 aliphatic carbocycles. The topological polar surface area (TPSA) is 174 Å². The Labute approximate surface area is 312 Å². The molecule has 0 spiro atoms. The monoisotopic (exact) mass is 764 g/mol. The van der Waals surface area contributed by atoms with Crippen molar-refractivity contribution < 1.29 is 27.5 Å². The first-order chi connectivity index (χ1) is 24.6. The lowest BCUT2D eigenvalue weighted by Gasteiger charge is -2.28. The number of hydrogen-bond acceptors (Lipinski definition) is 10. The van der Waals surface area contributed by atoms with Gasteiger partial charge in [-0.05, 0) is 68.2 Å². The van der Waals surface area contributed by atoms with Crippen LogP contribution in [0.1, 0.15) is 57.8 Å². The quantitative estimate of drug-likeness (QED) is 0.237. The van der Waals surface area contributed by atoms with Crippen molar-refractivity contribution in [2.75, 3.05) is 6.54 Å². The predicted octanol–water partition coefficient (Wildman–Crippen LogP) is 4.61. The third-order valence-corrected chi connectivity index (χ3v) is 13.3. The van der Waals surface area contributed by atoms with E-state index < -0.39 is 50.8 Å². The van der Waals surface area contributed by atoms with Crippen LogP contribution in [0.4, 0.5) is 0 Å². The third-order valence-electron chi connectivity index (χ3n) is 10.4. The summed E-state index contributed by atoms with van der Waals surface area (Å²) in [5.41, 5.74) is 6.91. The number of nitrogens with one attached hydrogen (secondary N) is 2. The van der Waals surface area contributed by atoms with Crippen LogP contribution in [-0.2, 0) is 24.4 Å². The maximum absolute atomic E-state index is 14.2. The van der Waals surface area contributed by atoms with Gasteiger partial charge in [-0.2, -0.15) is 0 Å². The van der Waals surface area contributed by atoms with Gasteiger partial charge in [-0.25, -0.2) is 18.4 Å². The highest BCUT2D eigenvalue weighted by Crippen LogP contribution is 2.46. The zero-order chi connectivity index (χ0) is 35.3. The molecule has 4 N–H and O–H groups in total. The van der Waals surface area contributed by atoms with E-state index in [-0.39, 0.29) is 43.6 Å². The van der Waals surface area contributed by atoms with Gasteiger partial charge in [0.15, 0.2) is 0 Å². The van der Waals surface area contributed by atoms with Gasteiger partial charge in [-0.1, -0.05) is 55.3 Å². The second-order valence-corrected chi connectivity index (χ2v) is 17.2. The van der Waals surface area contributed by atoms with Gasteiger partial charge in [0, 0.05) is 17.0 Å². The molecule has 5 atom stereocenters. The first-order valence-corrected chi connectivity index (χ1v) is 20.0. The Morgan fingerprint density at radius 1 is 1.02 bits per heavy atom. The van der Waals surface area contributed by atoms with Crippen LogP contribution in [0.5, 0.6) is 5.88 Å². The lowest BCUT2D eigenvalue weighted by molar-refractivity contribution is -0.140. The molecular weight excluding hydrogens is 724 g/mol. The number of sulfonamides is 1. The van der Waals surface area contributed by atoms with E-state index in [9.17, 15) is 22.8 Å². The van der Waals surface area contributed by atoms with Crippen molar-refractivity contribution in [3.8, 4) is 16.5 Å². The van der Waals surface area contributed by atoms with E-state index in [1.165, 1.54) is 4.90 Å². The van der Waals surface area contributed by atoms with Crippen LogP contribution >= 0.6 is 23.7 Å². The Bertz CT molecular complexity index is 2140. The number of amides is 3. The second-order valence-electron chi connectivity index (χ2n) is 14.1. The summed E-state index contributed by atoms with van der Waals surface area (Å²) >= 11 is 1.57. The number of halogens is 1. The highest BCUT2D eigenvalue weighted by atomic mass is 35.5. The Morgan fingerprint density at radius 3 is 2.54 bits per heavy atom. The molecule has 0 radical (unpaired) electrons. The second kappa shape index (κ2) is 14.4. The minimum Gasteiger partial charge on any atom is -0.471 e. The van der Waals surface area contributed by atoms with Crippen LogP contribution in [0.15, 0.2) is 66.7 Å². The summed E-state index contributed by atoms with van der Waals surface area (Å²) in [6.07, 6.45) is 8.34. The molecule has 2 unspecified atom stereocenters. The van der Waals surface area contributed by atoms with E-state index in [0.29, 0.717) is 41.9 Å². The molecule has 4 aromatic rings. The van der Waals surface area contributed by atoms with Gasteiger partial charge in [-0.3, -0.25) is 19.1 Å². The summed E-state index contributed by atoms with van der Waals surface area (Å²) in [7, 11) is -3.85. The summed E-state index contributed by atoms with van der Waals surface area (Å²) in [6, 6.07) is 15.8. The van der Waals surface area contributed by atoms with E-state index in [1.807, 2.05) is 60.7 Å². The van der Waals surface area contributed by atoms with Crippen molar-refractivity contribution in [2.24, 2.45) is 11.7 Å². The molecule has 8 rings (SSSR count). The molecule has 1 saturated heterocycles. The van der Waals surface area contributed by atoms with E-state index in [1.54, 1.807) is 11.3 Å². The first-order valence-electron chi connectivity index (χ1n) is 17.6. The van der Waals surface area contributed by atoms with Crippen molar-refractivity contribution in [2.45, 2.75) is 86.8 Å². The minimum absolute atomic E-state index is 0. The normalized spacial score (nSPS) is 27.4. The lowest BCUT2D eigenvalue weighted by Crippen LogP contribution is -2.57. The number of rotatable bonds is 6. The molecule has 52 heavy (non-hydrogen) atoms. The number of carbonyl (C=O) groups is 3. The zero-order valence-electron chi connectivity index (χ0n) is 28.4. The predicted molar refractivity (Wildman–Crippen MR) is 201 cm³/mol. The molecule has 3 amide bonds. The number of benzene rings is 2. The van der Waals surface area contributed by atoms with Gasteiger partial charge in [0.2, 0.25) is 27.7 Å². The molecule has 2 aliphatic heterocycles. The summed E-state index contributed by atoms with van der Waals surface area (Å²) in [5, 5.41) is 3.37. The molecule has 3 fully saturated rings. The van der Waals surface area contributed by atoms with E-state index >= 15 is 0 Å². The highest BCUT2D eigenvalue weighted by molar-refractivity contribution is 7.91. The van der Waals surface area contributed by atoms with Crippen LogP contribution in [0.25, 0.3) is 31.7 Å². The molecule has 12 nitrogen and oxygen atoms in total. The molecule has 15 heteroatoms. The first kappa shape index (κ1) is 36.3. The molecule has 0 bridgehead atoms. The average Bonchev–Trinajstić information content (AvgIpc) is 4.01. The molecule has 4 heterocycles. The van der Waals surface area contributed by atoms with Gasteiger partial charge in [0.05, 0.1) is 33.7 Å². The molecule has 2 saturated carbocycles. The lowest BCUT2D eigenvalue weighted by atomic mass is 10.1.